The zero-order valence-corrected chi connectivity index (χ0v) is 10.4. The average molecular weight is 308 g/mol. The molecule has 0 saturated carbocycles. The van der Waals surface area contributed by atoms with Crippen molar-refractivity contribution in [3.05, 3.63) is 39.8 Å². The maximum Gasteiger partial charge on any atom is 0.0292 e. The zero-order chi connectivity index (χ0) is 8.97. The number of hydrogen-bond donors (Lipinski definition) is 0. The Morgan fingerprint density at radius 2 is 2.25 bits per heavy atom. The second-order valence-electron chi connectivity index (χ2n) is 2.26. The summed E-state index contributed by atoms with van der Waals surface area (Å²) >= 11 is 8.51. The molecule has 0 saturated heterocycles. The molecule has 0 nitrogen and oxygen atoms in total. The minimum absolute atomic E-state index is 0.913. The van der Waals surface area contributed by atoms with Gasteiger partial charge in [-0.05, 0) is 22.7 Å². The van der Waals surface area contributed by atoms with E-state index in [4.69, 9.17) is 0 Å². The van der Waals surface area contributed by atoms with E-state index in [9.17, 15) is 0 Å². The Kier molecular flexibility index (Phi) is 4.40. The molecule has 1 rings (SSSR count). The summed E-state index contributed by atoms with van der Waals surface area (Å²) in [7, 11) is 0. The van der Waals surface area contributed by atoms with Crippen LogP contribution in [0.25, 0.3) is 0 Å². The van der Waals surface area contributed by atoms with Gasteiger partial charge in [0.25, 0.3) is 0 Å². The molecule has 12 heavy (non-hydrogen) atoms. The Balaban J connectivity index is 2.57. The monoisotopic (exact) mass is 306 g/mol. The van der Waals surface area contributed by atoms with Gasteiger partial charge in [-0.3, -0.25) is 0 Å². The van der Waals surface area contributed by atoms with Crippen LogP contribution in [-0.2, 0) is 0 Å². The predicted molar refractivity (Wildman–Crippen MR) is 62.9 cm³/mol. The Morgan fingerprint density at radius 3 is 2.83 bits per heavy atom. The highest BCUT2D eigenvalue weighted by Crippen LogP contribution is 2.24. The maximum absolute atomic E-state index is 3.78. The highest BCUT2D eigenvalue weighted by Gasteiger charge is 1.94. The molecule has 0 N–H and O–H groups in total. The number of thioether (sulfide) groups is 1. The zero-order valence-electron chi connectivity index (χ0n) is 6.39. The van der Waals surface area contributed by atoms with E-state index in [0.29, 0.717) is 0 Å². The van der Waals surface area contributed by atoms with Crippen LogP contribution in [0.5, 0.6) is 0 Å². The van der Waals surface area contributed by atoms with E-state index in [-0.39, 0.29) is 0 Å². The first-order valence-corrected chi connectivity index (χ1v) is 5.97. The lowest BCUT2D eigenvalue weighted by Gasteiger charge is -1.99. The summed E-state index contributed by atoms with van der Waals surface area (Å²) in [4.78, 5) is 1.25. The van der Waals surface area contributed by atoms with Gasteiger partial charge in [0.05, 0.1) is 0 Å². The fourth-order valence-corrected chi connectivity index (χ4v) is 2.32. The number of hydrogen-bond acceptors (Lipinski definition) is 1. The normalized spacial score (nSPS) is 9.83. The van der Waals surface area contributed by atoms with Gasteiger partial charge in [0.1, 0.15) is 0 Å². The van der Waals surface area contributed by atoms with Gasteiger partial charge in [-0.15, -0.1) is 11.8 Å². The predicted octanol–water partition coefficient (Wildman–Crippen LogP) is 4.45. The van der Waals surface area contributed by atoms with Gasteiger partial charge in [0, 0.05) is 15.1 Å². The van der Waals surface area contributed by atoms with Gasteiger partial charge in [-0.2, -0.15) is 0 Å². The van der Waals surface area contributed by atoms with Crippen molar-refractivity contribution in [2.24, 2.45) is 0 Å². The van der Waals surface area contributed by atoms with Crippen LogP contribution in [0.1, 0.15) is 0 Å². The second-order valence-corrected chi connectivity index (χ2v) is 5.35. The fraction of sp³-hybridized carbons (Fsp3) is 0.111. The lowest BCUT2D eigenvalue weighted by Crippen LogP contribution is -1.76. The van der Waals surface area contributed by atoms with Crippen LogP contribution in [0.2, 0.25) is 0 Å². The number of rotatable bonds is 3. The van der Waals surface area contributed by atoms with Crippen molar-refractivity contribution in [2.75, 3.05) is 5.75 Å². The van der Waals surface area contributed by atoms with E-state index in [1.54, 1.807) is 11.8 Å². The molecule has 0 amide bonds. The van der Waals surface area contributed by atoms with Crippen LogP contribution < -0.4 is 0 Å². The van der Waals surface area contributed by atoms with E-state index in [1.807, 2.05) is 12.1 Å². The fourth-order valence-electron chi connectivity index (χ4n) is 0.718. The van der Waals surface area contributed by atoms with Crippen molar-refractivity contribution in [1.29, 1.82) is 0 Å². The molecule has 0 aliphatic carbocycles. The van der Waals surface area contributed by atoms with Crippen molar-refractivity contribution in [1.82, 2.24) is 0 Å². The number of halogens is 2. The molecule has 3 heteroatoms. The summed E-state index contributed by atoms with van der Waals surface area (Å²) in [5.74, 6) is 0.913. The van der Waals surface area contributed by atoms with Gasteiger partial charge >= 0.3 is 0 Å². The first-order valence-electron chi connectivity index (χ1n) is 3.40. The quantitative estimate of drug-likeness (QED) is 0.743. The van der Waals surface area contributed by atoms with E-state index in [1.165, 1.54) is 4.90 Å². The molecule has 0 bridgehead atoms. The van der Waals surface area contributed by atoms with E-state index >= 15 is 0 Å². The average Bonchev–Trinajstić information content (AvgIpc) is 2.01. The topological polar surface area (TPSA) is 0 Å². The second kappa shape index (κ2) is 5.10. The van der Waals surface area contributed by atoms with Crippen molar-refractivity contribution < 1.29 is 0 Å². The maximum atomic E-state index is 3.78. The Hall–Kier alpha value is 0.270. The third-order valence-corrected chi connectivity index (χ3v) is 3.42. The van der Waals surface area contributed by atoms with Crippen molar-refractivity contribution in [3.63, 3.8) is 0 Å². The van der Waals surface area contributed by atoms with Gasteiger partial charge < -0.3 is 0 Å². The van der Waals surface area contributed by atoms with Crippen LogP contribution >= 0.6 is 43.6 Å². The molecule has 0 spiro atoms. The molecule has 0 radical (unpaired) electrons. The summed E-state index contributed by atoms with van der Waals surface area (Å²) in [6.45, 7) is 3.78. The van der Waals surface area contributed by atoms with Crippen LogP contribution in [0.15, 0.2) is 44.7 Å². The third kappa shape index (κ3) is 3.78. The highest BCUT2D eigenvalue weighted by atomic mass is 79.9. The van der Waals surface area contributed by atoms with Crippen LogP contribution in [0, 0.1) is 0 Å². The van der Waals surface area contributed by atoms with Crippen molar-refractivity contribution in [3.8, 4) is 0 Å². The molecule has 0 fully saturated rings. The smallest absolute Gasteiger partial charge is 0.0292 e. The van der Waals surface area contributed by atoms with Crippen molar-refractivity contribution in [2.45, 2.75) is 4.90 Å². The van der Waals surface area contributed by atoms with E-state index < -0.39 is 0 Å². The summed E-state index contributed by atoms with van der Waals surface area (Å²) < 4.78 is 2.14. The highest BCUT2D eigenvalue weighted by molar-refractivity contribution is 9.11. The Labute approximate surface area is 93.7 Å². The standard InChI is InChI=1S/C9H8Br2S/c1-7(10)6-12-9-4-2-3-8(11)5-9/h2-5H,1,6H2. The summed E-state index contributed by atoms with van der Waals surface area (Å²) in [6.07, 6.45) is 0. The van der Waals surface area contributed by atoms with Crippen molar-refractivity contribution >= 4 is 43.6 Å². The molecule has 0 heterocycles. The third-order valence-electron chi connectivity index (χ3n) is 1.19. The van der Waals surface area contributed by atoms with Crippen LogP contribution in [0.3, 0.4) is 0 Å². The first-order chi connectivity index (χ1) is 5.68. The summed E-state index contributed by atoms with van der Waals surface area (Å²) in [6, 6.07) is 8.24. The van der Waals surface area contributed by atoms with Crippen LogP contribution in [0.4, 0.5) is 0 Å². The molecule has 0 aromatic heterocycles. The van der Waals surface area contributed by atoms with Gasteiger partial charge in [0.2, 0.25) is 0 Å². The van der Waals surface area contributed by atoms with Gasteiger partial charge in [-0.25, -0.2) is 0 Å². The molecule has 0 aliphatic heterocycles. The Morgan fingerprint density at radius 1 is 1.50 bits per heavy atom. The Bertz CT molecular complexity index is 284. The molecular weight excluding hydrogens is 300 g/mol. The number of benzene rings is 1. The first kappa shape index (κ1) is 10.4. The molecule has 0 unspecified atom stereocenters. The van der Waals surface area contributed by atoms with Gasteiger partial charge in [-0.1, -0.05) is 44.5 Å². The lowest BCUT2D eigenvalue weighted by atomic mass is 10.4. The minimum atomic E-state index is 0.913. The van der Waals surface area contributed by atoms with E-state index in [2.05, 4.69) is 50.6 Å². The van der Waals surface area contributed by atoms with E-state index in [0.717, 1.165) is 14.7 Å². The lowest BCUT2D eigenvalue weighted by molar-refractivity contribution is 1.43. The molecule has 64 valence electrons. The summed E-state index contributed by atoms with van der Waals surface area (Å²) in [5, 5.41) is 0. The SMILES string of the molecule is C=C(Br)CSc1cccc(Br)c1. The molecular formula is C9H8Br2S. The molecule has 1 aromatic rings. The molecule has 0 atom stereocenters. The molecule has 0 aliphatic rings. The van der Waals surface area contributed by atoms with Crippen LogP contribution in [-0.4, -0.2) is 5.75 Å². The summed E-state index contributed by atoms with van der Waals surface area (Å²) in [5.41, 5.74) is 0. The minimum Gasteiger partial charge on any atom is -0.121 e. The molecule has 1 aromatic carbocycles. The van der Waals surface area contributed by atoms with Gasteiger partial charge in [0.15, 0.2) is 0 Å². The largest absolute Gasteiger partial charge is 0.121 e.